The quantitative estimate of drug-likeness (QED) is 0.834. The van der Waals surface area contributed by atoms with Crippen LogP contribution in [0.3, 0.4) is 0 Å². The number of halogens is 2. The Labute approximate surface area is 115 Å². The fourth-order valence-electron chi connectivity index (χ4n) is 3.14. The first-order chi connectivity index (χ1) is 8.56. The first-order valence-corrected chi connectivity index (χ1v) is 6.86. The molecular formula is C12H14Cl2N2O2. The van der Waals surface area contributed by atoms with Crippen molar-refractivity contribution in [1.82, 2.24) is 9.88 Å². The molecule has 6 heteroatoms. The fraction of sp³-hybridized carbons (Fsp3) is 0.583. The Morgan fingerprint density at radius 1 is 1.33 bits per heavy atom. The molecule has 0 aliphatic carbocycles. The standard InChI is InChI=1S/C12H14Cl2N2O2/c13-9-5-10(15-11(9)14)12(18)16-6-1-2-7(16)4-8(17)3-6/h5-8,15,17H,1-4H2. The molecule has 0 aromatic carbocycles. The molecule has 1 aromatic heterocycles. The summed E-state index contributed by atoms with van der Waals surface area (Å²) in [4.78, 5) is 17.1. The van der Waals surface area contributed by atoms with E-state index in [1.54, 1.807) is 6.07 Å². The van der Waals surface area contributed by atoms with E-state index in [4.69, 9.17) is 23.2 Å². The molecule has 3 heterocycles. The summed E-state index contributed by atoms with van der Waals surface area (Å²) in [5.41, 5.74) is 0.429. The molecule has 2 unspecified atom stereocenters. The van der Waals surface area contributed by atoms with Gasteiger partial charge in [0.25, 0.3) is 5.91 Å². The number of rotatable bonds is 1. The number of piperidine rings is 1. The minimum absolute atomic E-state index is 0.0665. The number of aliphatic hydroxyl groups is 1. The predicted molar refractivity (Wildman–Crippen MR) is 69.0 cm³/mol. The van der Waals surface area contributed by atoms with Crippen LogP contribution < -0.4 is 0 Å². The SMILES string of the molecule is O=C(c1cc(Cl)c(Cl)[nH]1)N1C2CCC1CC(O)C2. The second-order valence-corrected chi connectivity index (χ2v) is 5.85. The number of aromatic nitrogens is 1. The van der Waals surface area contributed by atoms with E-state index in [9.17, 15) is 9.90 Å². The highest BCUT2D eigenvalue weighted by Gasteiger charge is 2.43. The van der Waals surface area contributed by atoms with E-state index < -0.39 is 0 Å². The number of carbonyl (C=O) groups is 1. The van der Waals surface area contributed by atoms with Crippen LogP contribution in [0.2, 0.25) is 10.2 Å². The summed E-state index contributed by atoms with van der Waals surface area (Å²) in [7, 11) is 0. The molecule has 3 rings (SSSR count). The van der Waals surface area contributed by atoms with Crippen molar-refractivity contribution in [3.8, 4) is 0 Å². The molecule has 1 amide bonds. The molecule has 2 aliphatic heterocycles. The Morgan fingerprint density at radius 3 is 2.44 bits per heavy atom. The van der Waals surface area contributed by atoms with Crippen LogP contribution in [0.5, 0.6) is 0 Å². The number of aromatic amines is 1. The smallest absolute Gasteiger partial charge is 0.270 e. The van der Waals surface area contributed by atoms with Crippen LogP contribution in [-0.4, -0.2) is 39.1 Å². The third-order valence-electron chi connectivity index (χ3n) is 3.90. The Morgan fingerprint density at radius 2 is 1.94 bits per heavy atom. The van der Waals surface area contributed by atoms with Gasteiger partial charge in [-0.25, -0.2) is 0 Å². The third kappa shape index (κ3) is 1.92. The molecule has 2 N–H and O–H groups in total. The Hall–Kier alpha value is -0.710. The molecule has 2 aliphatic rings. The maximum atomic E-state index is 12.4. The normalized spacial score (nSPS) is 30.8. The van der Waals surface area contributed by atoms with Crippen molar-refractivity contribution in [3.63, 3.8) is 0 Å². The summed E-state index contributed by atoms with van der Waals surface area (Å²) in [6, 6.07) is 1.86. The van der Waals surface area contributed by atoms with Crippen LogP contribution >= 0.6 is 23.2 Å². The summed E-state index contributed by atoms with van der Waals surface area (Å²) in [6.07, 6.45) is 3.00. The van der Waals surface area contributed by atoms with Crippen LogP contribution in [0, 0.1) is 0 Å². The zero-order valence-corrected chi connectivity index (χ0v) is 11.2. The largest absolute Gasteiger partial charge is 0.393 e. The molecule has 18 heavy (non-hydrogen) atoms. The molecule has 2 fully saturated rings. The minimum Gasteiger partial charge on any atom is -0.393 e. The topological polar surface area (TPSA) is 56.3 Å². The number of aliphatic hydroxyl groups excluding tert-OH is 1. The lowest BCUT2D eigenvalue weighted by Crippen LogP contribution is -2.48. The van der Waals surface area contributed by atoms with Gasteiger partial charge in [0.2, 0.25) is 0 Å². The van der Waals surface area contributed by atoms with E-state index in [-0.39, 0.29) is 24.1 Å². The van der Waals surface area contributed by atoms with E-state index in [1.807, 2.05) is 4.90 Å². The van der Waals surface area contributed by atoms with Gasteiger partial charge < -0.3 is 15.0 Å². The average Bonchev–Trinajstić information content (AvgIpc) is 2.78. The van der Waals surface area contributed by atoms with Gasteiger partial charge in [0, 0.05) is 12.1 Å². The summed E-state index contributed by atoms with van der Waals surface area (Å²) < 4.78 is 0. The van der Waals surface area contributed by atoms with Crippen molar-refractivity contribution in [2.24, 2.45) is 0 Å². The van der Waals surface area contributed by atoms with E-state index >= 15 is 0 Å². The molecule has 0 radical (unpaired) electrons. The first kappa shape index (κ1) is 12.3. The predicted octanol–water partition coefficient (Wildman–Crippen LogP) is 2.45. The van der Waals surface area contributed by atoms with Crippen LogP contribution in [-0.2, 0) is 0 Å². The number of nitrogens with one attached hydrogen (secondary N) is 1. The van der Waals surface area contributed by atoms with E-state index in [0.29, 0.717) is 28.7 Å². The van der Waals surface area contributed by atoms with Crippen molar-refractivity contribution in [2.75, 3.05) is 0 Å². The van der Waals surface area contributed by atoms with Crippen molar-refractivity contribution in [2.45, 2.75) is 43.9 Å². The number of hydrogen-bond donors (Lipinski definition) is 2. The van der Waals surface area contributed by atoms with Gasteiger partial charge in [-0.15, -0.1) is 0 Å². The van der Waals surface area contributed by atoms with Crippen molar-refractivity contribution >= 4 is 29.1 Å². The number of hydrogen-bond acceptors (Lipinski definition) is 2. The highest BCUT2D eigenvalue weighted by molar-refractivity contribution is 6.41. The van der Waals surface area contributed by atoms with Gasteiger partial charge in [0.1, 0.15) is 10.8 Å². The van der Waals surface area contributed by atoms with Crippen molar-refractivity contribution in [1.29, 1.82) is 0 Å². The Balaban J connectivity index is 1.85. The second-order valence-electron chi connectivity index (χ2n) is 5.07. The number of H-pyrrole nitrogens is 1. The van der Waals surface area contributed by atoms with Crippen molar-refractivity contribution < 1.29 is 9.90 Å². The molecule has 2 atom stereocenters. The molecule has 0 saturated carbocycles. The molecule has 2 saturated heterocycles. The second kappa shape index (κ2) is 4.44. The fourth-order valence-corrected chi connectivity index (χ4v) is 3.45. The lowest BCUT2D eigenvalue weighted by molar-refractivity contribution is 0.0283. The average molecular weight is 289 g/mol. The molecule has 2 bridgehead atoms. The summed E-state index contributed by atoms with van der Waals surface area (Å²) in [5.74, 6) is -0.0665. The van der Waals surface area contributed by atoms with Gasteiger partial charge >= 0.3 is 0 Å². The van der Waals surface area contributed by atoms with Crippen LogP contribution in [0.1, 0.15) is 36.2 Å². The Bertz CT molecular complexity index is 455. The van der Waals surface area contributed by atoms with E-state index in [0.717, 1.165) is 12.8 Å². The van der Waals surface area contributed by atoms with E-state index in [2.05, 4.69) is 4.98 Å². The first-order valence-electron chi connectivity index (χ1n) is 6.11. The summed E-state index contributed by atoms with van der Waals surface area (Å²) in [6.45, 7) is 0. The highest BCUT2D eigenvalue weighted by Crippen LogP contribution is 2.37. The van der Waals surface area contributed by atoms with Gasteiger partial charge in [0.15, 0.2) is 0 Å². The van der Waals surface area contributed by atoms with Gasteiger partial charge in [-0.2, -0.15) is 0 Å². The molecule has 0 spiro atoms. The van der Waals surface area contributed by atoms with Crippen LogP contribution in [0.4, 0.5) is 0 Å². The van der Waals surface area contributed by atoms with Crippen molar-refractivity contribution in [3.05, 3.63) is 21.9 Å². The van der Waals surface area contributed by atoms with Gasteiger partial charge in [-0.3, -0.25) is 4.79 Å². The monoisotopic (exact) mass is 288 g/mol. The van der Waals surface area contributed by atoms with E-state index in [1.165, 1.54) is 0 Å². The number of fused-ring (bicyclic) bond motifs is 2. The number of carbonyl (C=O) groups excluding carboxylic acids is 1. The zero-order chi connectivity index (χ0) is 12.9. The molecule has 1 aromatic rings. The zero-order valence-electron chi connectivity index (χ0n) is 9.70. The highest BCUT2D eigenvalue weighted by atomic mass is 35.5. The summed E-state index contributed by atoms with van der Waals surface area (Å²) in [5, 5.41) is 10.4. The van der Waals surface area contributed by atoms with Gasteiger partial charge in [-0.05, 0) is 31.7 Å². The maximum Gasteiger partial charge on any atom is 0.270 e. The Kier molecular flexibility index (Phi) is 3.04. The summed E-state index contributed by atoms with van der Waals surface area (Å²) >= 11 is 11.7. The van der Waals surface area contributed by atoms with Crippen LogP contribution in [0.15, 0.2) is 6.07 Å². The van der Waals surface area contributed by atoms with Gasteiger partial charge in [-0.1, -0.05) is 23.2 Å². The molecular weight excluding hydrogens is 275 g/mol. The third-order valence-corrected chi connectivity index (χ3v) is 4.59. The minimum atomic E-state index is -0.276. The number of nitrogens with zero attached hydrogens (tertiary/aromatic N) is 1. The molecule has 4 nitrogen and oxygen atoms in total. The van der Waals surface area contributed by atoms with Crippen LogP contribution in [0.25, 0.3) is 0 Å². The van der Waals surface area contributed by atoms with Gasteiger partial charge in [0.05, 0.1) is 11.1 Å². The maximum absolute atomic E-state index is 12.4. The molecule has 98 valence electrons. The lowest BCUT2D eigenvalue weighted by Gasteiger charge is -2.36. The number of amides is 1. The lowest BCUT2D eigenvalue weighted by atomic mass is 9.99.